The van der Waals surface area contributed by atoms with Crippen molar-refractivity contribution in [3.63, 3.8) is 0 Å². The molecule has 0 aliphatic rings. The zero-order valence-electron chi connectivity index (χ0n) is 10.5. The topological polar surface area (TPSA) is 64.7 Å². The van der Waals surface area contributed by atoms with Crippen LogP contribution in [-0.2, 0) is 0 Å². The highest BCUT2D eigenvalue weighted by Gasteiger charge is 2.11. The zero-order valence-corrected chi connectivity index (χ0v) is 10.5. The fraction of sp³-hybridized carbons (Fsp3) is 0.538. The lowest BCUT2D eigenvalue weighted by atomic mass is 10.1. The van der Waals surface area contributed by atoms with E-state index in [0.717, 1.165) is 5.56 Å². The van der Waals surface area contributed by atoms with Crippen LogP contribution in [0.3, 0.4) is 0 Å². The third-order valence-corrected chi connectivity index (χ3v) is 2.39. The molecule has 17 heavy (non-hydrogen) atoms. The van der Waals surface area contributed by atoms with Crippen LogP contribution in [0.4, 0.5) is 0 Å². The van der Waals surface area contributed by atoms with Gasteiger partial charge < -0.3 is 20.3 Å². The Bertz CT molecular complexity index is 341. The molecule has 1 rings (SSSR count). The van der Waals surface area contributed by atoms with Gasteiger partial charge in [0, 0.05) is 0 Å². The minimum atomic E-state index is -0.546. The van der Waals surface area contributed by atoms with Gasteiger partial charge in [0.05, 0.1) is 19.3 Å². The summed E-state index contributed by atoms with van der Waals surface area (Å²) in [5, 5.41) is 9.86. The Morgan fingerprint density at radius 1 is 1.18 bits per heavy atom. The Morgan fingerprint density at radius 3 is 2.41 bits per heavy atom. The summed E-state index contributed by atoms with van der Waals surface area (Å²) < 4.78 is 10.9. The molecule has 0 saturated carbocycles. The Hall–Kier alpha value is -1.26. The number of rotatable bonds is 7. The molecule has 1 atom stereocenters. The molecule has 1 aromatic rings. The van der Waals surface area contributed by atoms with Crippen LogP contribution in [0.15, 0.2) is 18.2 Å². The second-order valence-electron chi connectivity index (χ2n) is 3.67. The molecule has 4 nitrogen and oxygen atoms in total. The standard InChI is InChI=1S/C13H21NO3/c1-3-16-12-6-5-10(11(15)7-8-14)9-13(12)17-4-2/h5-6,9,11,15H,3-4,7-8,14H2,1-2H3/t11-/m1/s1. The first-order valence-corrected chi connectivity index (χ1v) is 6.00. The summed E-state index contributed by atoms with van der Waals surface area (Å²) in [5.74, 6) is 1.38. The third kappa shape index (κ3) is 3.91. The quantitative estimate of drug-likeness (QED) is 0.762. The molecule has 0 heterocycles. The van der Waals surface area contributed by atoms with Crippen LogP contribution in [0.1, 0.15) is 31.9 Å². The van der Waals surface area contributed by atoms with Crippen molar-refractivity contribution in [3.8, 4) is 11.5 Å². The molecular formula is C13H21NO3. The third-order valence-electron chi connectivity index (χ3n) is 2.39. The number of nitrogens with two attached hydrogens (primary N) is 1. The Morgan fingerprint density at radius 2 is 1.82 bits per heavy atom. The summed E-state index contributed by atoms with van der Waals surface area (Å²) in [4.78, 5) is 0. The second kappa shape index (κ2) is 7.14. The van der Waals surface area contributed by atoms with Crippen molar-refractivity contribution in [1.29, 1.82) is 0 Å². The first-order chi connectivity index (χ1) is 8.22. The van der Waals surface area contributed by atoms with Gasteiger partial charge in [0.25, 0.3) is 0 Å². The normalized spacial score (nSPS) is 12.2. The molecule has 0 fully saturated rings. The van der Waals surface area contributed by atoms with Crippen molar-refractivity contribution in [2.45, 2.75) is 26.4 Å². The van der Waals surface area contributed by atoms with Gasteiger partial charge in [-0.15, -0.1) is 0 Å². The summed E-state index contributed by atoms with van der Waals surface area (Å²) in [5.41, 5.74) is 6.23. The van der Waals surface area contributed by atoms with Gasteiger partial charge in [-0.2, -0.15) is 0 Å². The smallest absolute Gasteiger partial charge is 0.161 e. The van der Waals surface area contributed by atoms with E-state index in [0.29, 0.717) is 37.7 Å². The second-order valence-corrected chi connectivity index (χ2v) is 3.67. The van der Waals surface area contributed by atoms with Crippen LogP contribution in [-0.4, -0.2) is 24.9 Å². The van der Waals surface area contributed by atoms with Crippen LogP contribution >= 0.6 is 0 Å². The molecule has 96 valence electrons. The molecular weight excluding hydrogens is 218 g/mol. The van der Waals surface area contributed by atoms with Crippen molar-refractivity contribution in [1.82, 2.24) is 0 Å². The summed E-state index contributed by atoms with van der Waals surface area (Å²) in [6.07, 6.45) is -0.00519. The van der Waals surface area contributed by atoms with E-state index in [1.54, 1.807) is 0 Å². The van der Waals surface area contributed by atoms with E-state index in [4.69, 9.17) is 15.2 Å². The van der Waals surface area contributed by atoms with Gasteiger partial charge in [-0.05, 0) is 44.5 Å². The van der Waals surface area contributed by atoms with Crippen molar-refractivity contribution >= 4 is 0 Å². The minimum absolute atomic E-state index is 0.457. The highest BCUT2D eigenvalue weighted by atomic mass is 16.5. The maximum absolute atomic E-state index is 9.86. The maximum Gasteiger partial charge on any atom is 0.161 e. The van der Waals surface area contributed by atoms with Crippen molar-refractivity contribution in [3.05, 3.63) is 23.8 Å². The summed E-state index contributed by atoms with van der Waals surface area (Å²) in [6, 6.07) is 5.48. The molecule has 1 aromatic carbocycles. The molecule has 0 aliphatic carbocycles. The molecule has 0 spiro atoms. The number of hydrogen-bond donors (Lipinski definition) is 2. The number of benzene rings is 1. The van der Waals surface area contributed by atoms with E-state index < -0.39 is 6.10 Å². The van der Waals surface area contributed by atoms with Gasteiger partial charge in [0.2, 0.25) is 0 Å². The zero-order chi connectivity index (χ0) is 12.7. The van der Waals surface area contributed by atoms with Crippen molar-refractivity contribution in [2.75, 3.05) is 19.8 Å². The largest absolute Gasteiger partial charge is 0.490 e. The van der Waals surface area contributed by atoms with Gasteiger partial charge in [-0.3, -0.25) is 0 Å². The van der Waals surface area contributed by atoms with E-state index in [1.807, 2.05) is 32.0 Å². The van der Waals surface area contributed by atoms with Gasteiger partial charge >= 0.3 is 0 Å². The average molecular weight is 239 g/mol. The van der Waals surface area contributed by atoms with Crippen LogP contribution in [0, 0.1) is 0 Å². The van der Waals surface area contributed by atoms with Crippen LogP contribution in [0.5, 0.6) is 11.5 Å². The summed E-state index contributed by atoms with van der Waals surface area (Å²) in [6.45, 7) is 5.45. The monoisotopic (exact) mass is 239 g/mol. The molecule has 0 bridgehead atoms. The molecule has 0 saturated heterocycles. The first kappa shape index (κ1) is 13.8. The number of ether oxygens (including phenoxy) is 2. The van der Waals surface area contributed by atoms with E-state index in [-0.39, 0.29) is 0 Å². The molecule has 0 amide bonds. The molecule has 0 aromatic heterocycles. The lowest BCUT2D eigenvalue weighted by Crippen LogP contribution is -2.07. The fourth-order valence-corrected chi connectivity index (χ4v) is 1.60. The predicted molar refractivity (Wildman–Crippen MR) is 67.4 cm³/mol. The lowest BCUT2D eigenvalue weighted by molar-refractivity contribution is 0.169. The average Bonchev–Trinajstić information content (AvgIpc) is 2.32. The number of aliphatic hydroxyl groups is 1. The van der Waals surface area contributed by atoms with Gasteiger partial charge in [-0.25, -0.2) is 0 Å². The van der Waals surface area contributed by atoms with E-state index in [1.165, 1.54) is 0 Å². The summed E-state index contributed by atoms with van der Waals surface area (Å²) >= 11 is 0. The van der Waals surface area contributed by atoms with Crippen molar-refractivity contribution in [2.24, 2.45) is 5.73 Å². The highest BCUT2D eigenvalue weighted by molar-refractivity contribution is 5.43. The Kier molecular flexibility index (Phi) is 5.80. The molecule has 4 heteroatoms. The van der Waals surface area contributed by atoms with Crippen molar-refractivity contribution < 1.29 is 14.6 Å². The SMILES string of the molecule is CCOc1ccc([C@H](O)CCN)cc1OCC. The highest BCUT2D eigenvalue weighted by Crippen LogP contribution is 2.31. The first-order valence-electron chi connectivity index (χ1n) is 6.00. The molecule has 0 radical (unpaired) electrons. The summed E-state index contributed by atoms with van der Waals surface area (Å²) in [7, 11) is 0. The Labute approximate surface area is 102 Å². The van der Waals surface area contributed by atoms with E-state index in [2.05, 4.69) is 0 Å². The number of hydrogen-bond acceptors (Lipinski definition) is 4. The van der Waals surface area contributed by atoms with Crippen LogP contribution in [0.2, 0.25) is 0 Å². The van der Waals surface area contributed by atoms with Crippen LogP contribution in [0.25, 0.3) is 0 Å². The molecule has 0 aliphatic heterocycles. The maximum atomic E-state index is 9.86. The van der Waals surface area contributed by atoms with E-state index in [9.17, 15) is 5.11 Å². The van der Waals surface area contributed by atoms with E-state index >= 15 is 0 Å². The molecule has 3 N–H and O–H groups in total. The number of aliphatic hydroxyl groups excluding tert-OH is 1. The van der Waals surface area contributed by atoms with Gasteiger partial charge in [-0.1, -0.05) is 6.07 Å². The predicted octanol–water partition coefficient (Wildman–Crippen LogP) is 1.87. The van der Waals surface area contributed by atoms with Gasteiger partial charge in [0.15, 0.2) is 11.5 Å². The minimum Gasteiger partial charge on any atom is -0.490 e. The molecule has 0 unspecified atom stereocenters. The van der Waals surface area contributed by atoms with Crippen LogP contribution < -0.4 is 15.2 Å². The van der Waals surface area contributed by atoms with Gasteiger partial charge in [0.1, 0.15) is 0 Å². The lowest BCUT2D eigenvalue weighted by Gasteiger charge is -2.15. The fourth-order valence-electron chi connectivity index (χ4n) is 1.60. The Balaban J connectivity index is 2.91.